The van der Waals surface area contributed by atoms with Gasteiger partial charge in [-0.05, 0) is 6.42 Å². The Morgan fingerprint density at radius 1 is 1.57 bits per heavy atom. The summed E-state index contributed by atoms with van der Waals surface area (Å²) in [5.74, 6) is -0.597. The molecule has 1 atom stereocenters. The number of hydrogen-bond acceptors (Lipinski definition) is 5. The van der Waals surface area contributed by atoms with Crippen LogP contribution in [0, 0.1) is 0 Å². The number of rotatable bonds is 6. The largest absolute Gasteiger partial charge is 0.460 e. The maximum absolute atomic E-state index is 10.7. The molecule has 0 bridgehead atoms. The molecule has 0 aliphatic heterocycles. The molecule has 0 aromatic heterocycles. The highest BCUT2D eigenvalue weighted by molar-refractivity contribution is 7.86. The van der Waals surface area contributed by atoms with Gasteiger partial charge >= 0.3 is 5.97 Å². The van der Waals surface area contributed by atoms with E-state index in [0.29, 0.717) is 6.42 Å². The van der Waals surface area contributed by atoms with E-state index < -0.39 is 22.2 Å². The lowest BCUT2D eigenvalue weighted by Gasteiger charge is -2.13. The molecule has 0 saturated carbocycles. The first-order valence-electron chi connectivity index (χ1n) is 4.06. The van der Waals surface area contributed by atoms with Gasteiger partial charge in [-0.15, -0.1) is 0 Å². The van der Waals surface area contributed by atoms with E-state index in [1.807, 2.05) is 0 Å². The van der Waals surface area contributed by atoms with Crippen molar-refractivity contribution in [1.29, 1.82) is 0 Å². The molecule has 0 radical (unpaired) electrons. The topological polar surface area (TPSA) is 69.7 Å². The summed E-state index contributed by atoms with van der Waals surface area (Å²) in [5, 5.41) is 0. The van der Waals surface area contributed by atoms with Crippen LogP contribution in [0.4, 0.5) is 0 Å². The van der Waals surface area contributed by atoms with Crippen LogP contribution < -0.4 is 0 Å². The zero-order chi connectivity index (χ0) is 11.2. The van der Waals surface area contributed by atoms with Crippen LogP contribution >= 0.6 is 0 Å². The van der Waals surface area contributed by atoms with Gasteiger partial charge in [-0.1, -0.05) is 13.5 Å². The lowest BCUT2D eigenvalue weighted by molar-refractivity contribution is -0.140. The van der Waals surface area contributed by atoms with Crippen molar-refractivity contribution in [3.05, 3.63) is 12.7 Å². The van der Waals surface area contributed by atoms with Gasteiger partial charge in [0, 0.05) is 6.08 Å². The van der Waals surface area contributed by atoms with Gasteiger partial charge < -0.3 is 4.74 Å². The van der Waals surface area contributed by atoms with E-state index in [1.165, 1.54) is 0 Å². The van der Waals surface area contributed by atoms with Crippen LogP contribution in [-0.4, -0.2) is 33.4 Å². The van der Waals surface area contributed by atoms with Crippen LogP contribution in [0.2, 0.25) is 0 Å². The Labute approximate surface area is 83.8 Å². The Kier molecular flexibility index (Phi) is 5.40. The minimum Gasteiger partial charge on any atom is -0.460 e. The molecule has 0 amide bonds. The monoisotopic (exact) mass is 222 g/mol. The summed E-state index contributed by atoms with van der Waals surface area (Å²) in [6.07, 6.45) is 1.77. The van der Waals surface area contributed by atoms with Crippen molar-refractivity contribution in [1.82, 2.24) is 0 Å². The van der Waals surface area contributed by atoms with E-state index in [1.54, 1.807) is 6.92 Å². The second-order valence-corrected chi connectivity index (χ2v) is 4.27. The molecule has 0 rings (SSSR count). The first-order valence-corrected chi connectivity index (χ1v) is 5.88. The summed E-state index contributed by atoms with van der Waals surface area (Å²) in [4.78, 5) is 10.7. The third-order valence-electron chi connectivity index (χ3n) is 1.34. The van der Waals surface area contributed by atoms with Gasteiger partial charge in [0.2, 0.25) is 0 Å². The predicted molar refractivity (Wildman–Crippen MR) is 51.2 cm³/mol. The lowest BCUT2D eigenvalue weighted by Crippen LogP contribution is -2.23. The molecule has 1 unspecified atom stereocenters. The van der Waals surface area contributed by atoms with Crippen molar-refractivity contribution in [3.63, 3.8) is 0 Å². The molecule has 0 aromatic rings. The zero-order valence-corrected chi connectivity index (χ0v) is 9.04. The predicted octanol–water partition coefficient (Wildman–Crippen LogP) is 0.470. The molecular formula is C8H14O5S. The van der Waals surface area contributed by atoms with E-state index in [2.05, 4.69) is 15.5 Å². The van der Waals surface area contributed by atoms with Crippen molar-refractivity contribution in [3.8, 4) is 0 Å². The van der Waals surface area contributed by atoms with E-state index in [0.717, 1.165) is 12.3 Å². The molecule has 5 nitrogen and oxygen atoms in total. The second kappa shape index (κ2) is 5.77. The van der Waals surface area contributed by atoms with Gasteiger partial charge in [-0.2, -0.15) is 8.42 Å². The van der Waals surface area contributed by atoms with E-state index in [-0.39, 0.29) is 6.61 Å². The minimum atomic E-state index is -3.51. The summed E-state index contributed by atoms with van der Waals surface area (Å²) in [7, 11) is -3.51. The number of carbonyl (C=O) groups is 1. The smallest absolute Gasteiger partial charge is 0.330 e. The molecule has 0 aliphatic rings. The van der Waals surface area contributed by atoms with Gasteiger partial charge in [0.1, 0.15) is 12.7 Å². The van der Waals surface area contributed by atoms with Crippen molar-refractivity contribution in [2.75, 3.05) is 12.9 Å². The fraction of sp³-hybridized carbons (Fsp3) is 0.625. The maximum atomic E-state index is 10.7. The van der Waals surface area contributed by atoms with Crippen molar-refractivity contribution >= 4 is 16.1 Å². The average Bonchev–Trinajstić information content (AvgIpc) is 2.09. The lowest BCUT2D eigenvalue weighted by atomic mass is 10.3. The zero-order valence-electron chi connectivity index (χ0n) is 8.23. The number of carbonyl (C=O) groups excluding carboxylic acids is 1. The second-order valence-electron chi connectivity index (χ2n) is 2.66. The summed E-state index contributed by atoms with van der Waals surface area (Å²) in [6, 6.07) is 0. The number of hydrogen-bond donors (Lipinski definition) is 0. The maximum Gasteiger partial charge on any atom is 0.330 e. The highest BCUT2D eigenvalue weighted by atomic mass is 32.2. The van der Waals surface area contributed by atoms with Gasteiger partial charge in [-0.25, -0.2) is 4.79 Å². The van der Waals surface area contributed by atoms with E-state index in [9.17, 15) is 13.2 Å². The van der Waals surface area contributed by atoms with Crippen LogP contribution in [0.15, 0.2) is 12.7 Å². The van der Waals surface area contributed by atoms with Crippen LogP contribution in [0.25, 0.3) is 0 Å². The first-order chi connectivity index (χ1) is 6.39. The third kappa shape index (κ3) is 6.62. The SMILES string of the molecule is C=CC(=O)OCC(CC)OS(C)(=O)=O. The van der Waals surface area contributed by atoms with E-state index in [4.69, 9.17) is 0 Å². The van der Waals surface area contributed by atoms with Crippen molar-refractivity contribution < 1.29 is 22.1 Å². The Morgan fingerprint density at radius 3 is 2.50 bits per heavy atom. The highest BCUT2D eigenvalue weighted by Crippen LogP contribution is 2.03. The molecule has 0 aromatic carbocycles. The van der Waals surface area contributed by atoms with Gasteiger partial charge in [0.05, 0.1) is 6.26 Å². The van der Waals surface area contributed by atoms with Gasteiger partial charge in [0.25, 0.3) is 10.1 Å². The molecular weight excluding hydrogens is 208 g/mol. The van der Waals surface area contributed by atoms with Crippen LogP contribution in [0.3, 0.4) is 0 Å². The summed E-state index contributed by atoms with van der Waals surface area (Å²) >= 11 is 0. The normalized spacial score (nSPS) is 13.3. The fourth-order valence-electron chi connectivity index (χ4n) is 0.695. The molecule has 0 saturated heterocycles. The molecule has 14 heavy (non-hydrogen) atoms. The molecule has 0 heterocycles. The summed E-state index contributed by atoms with van der Waals surface area (Å²) in [6.45, 7) is 4.85. The number of esters is 1. The number of ether oxygens (including phenoxy) is 1. The van der Waals surface area contributed by atoms with Crippen LogP contribution in [0.1, 0.15) is 13.3 Å². The van der Waals surface area contributed by atoms with Crippen LogP contribution in [0.5, 0.6) is 0 Å². The van der Waals surface area contributed by atoms with Gasteiger partial charge in [-0.3, -0.25) is 4.18 Å². The third-order valence-corrected chi connectivity index (χ3v) is 1.97. The molecule has 0 fully saturated rings. The minimum absolute atomic E-state index is 0.0889. The summed E-state index contributed by atoms with van der Waals surface area (Å²) in [5.41, 5.74) is 0. The quantitative estimate of drug-likeness (QED) is 0.371. The molecule has 0 aliphatic carbocycles. The Hall–Kier alpha value is -0.880. The molecule has 0 spiro atoms. The highest BCUT2D eigenvalue weighted by Gasteiger charge is 2.14. The standard InChI is InChI=1S/C8H14O5S/c1-4-7(13-14(3,10)11)6-12-8(9)5-2/h5,7H,2,4,6H2,1,3H3. The fourth-order valence-corrected chi connectivity index (χ4v) is 1.38. The summed E-state index contributed by atoms with van der Waals surface area (Å²) < 4.78 is 30.8. The Bertz CT molecular complexity index is 293. The van der Waals surface area contributed by atoms with Crippen molar-refractivity contribution in [2.24, 2.45) is 0 Å². The molecule has 82 valence electrons. The first kappa shape index (κ1) is 13.1. The molecule has 0 N–H and O–H groups in total. The Morgan fingerprint density at radius 2 is 2.14 bits per heavy atom. The molecule has 6 heteroatoms. The average molecular weight is 222 g/mol. The van der Waals surface area contributed by atoms with E-state index >= 15 is 0 Å². The van der Waals surface area contributed by atoms with Crippen molar-refractivity contribution in [2.45, 2.75) is 19.4 Å². The van der Waals surface area contributed by atoms with Crippen LogP contribution in [-0.2, 0) is 23.8 Å². The Balaban J connectivity index is 4.04. The van der Waals surface area contributed by atoms with Gasteiger partial charge in [0.15, 0.2) is 0 Å².